The summed E-state index contributed by atoms with van der Waals surface area (Å²) in [5.41, 5.74) is 1.75. The van der Waals surface area contributed by atoms with Crippen molar-refractivity contribution in [3.05, 3.63) is 104 Å². The fourth-order valence-corrected chi connectivity index (χ4v) is 3.72. The Hall–Kier alpha value is -3.51. The number of hydrogen-bond acceptors (Lipinski definition) is 3. The Balaban J connectivity index is 1.92. The van der Waals surface area contributed by atoms with Crippen LogP contribution >= 0.6 is 15.9 Å². The Kier molecular flexibility index (Phi) is 4.14. The Labute approximate surface area is 173 Å². The van der Waals surface area contributed by atoms with Crippen LogP contribution in [0.3, 0.4) is 0 Å². The molecule has 6 heteroatoms. The van der Waals surface area contributed by atoms with E-state index in [1.807, 2.05) is 54.6 Å². The number of halogens is 1. The van der Waals surface area contributed by atoms with Gasteiger partial charge in [-0.1, -0.05) is 46.3 Å². The Morgan fingerprint density at radius 1 is 0.862 bits per heavy atom. The Morgan fingerprint density at radius 2 is 1.59 bits per heavy atom. The highest BCUT2D eigenvalue weighted by atomic mass is 79.9. The van der Waals surface area contributed by atoms with E-state index in [2.05, 4.69) is 20.9 Å². The van der Waals surface area contributed by atoms with Gasteiger partial charge >= 0.3 is 0 Å². The van der Waals surface area contributed by atoms with E-state index in [-0.39, 0.29) is 11.1 Å². The van der Waals surface area contributed by atoms with Crippen LogP contribution in [0.1, 0.15) is 0 Å². The van der Waals surface area contributed by atoms with Crippen LogP contribution in [-0.2, 0) is 0 Å². The van der Waals surface area contributed by atoms with E-state index in [9.17, 15) is 9.59 Å². The van der Waals surface area contributed by atoms with Gasteiger partial charge in [0.2, 0.25) is 0 Å². The molecular weight excluding hydrogens is 430 g/mol. The minimum absolute atomic E-state index is 0.222. The van der Waals surface area contributed by atoms with E-state index in [0.717, 1.165) is 15.4 Å². The van der Waals surface area contributed by atoms with Crippen molar-refractivity contribution in [2.45, 2.75) is 0 Å². The zero-order chi connectivity index (χ0) is 20.0. The van der Waals surface area contributed by atoms with E-state index in [4.69, 9.17) is 4.98 Å². The molecule has 0 saturated heterocycles. The summed E-state index contributed by atoms with van der Waals surface area (Å²) in [5.74, 6) is 0.308. The SMILES string of the molecule is O=c1[nH]c2ccccc2cc1-c1nc2ccccc2c(=O)n1-c1ccc(Br)cc1. The average Bonchev–Trinajstić information content (AvgIpc) is 2.74. The van der Waals surface area contributed by atoms with Crippen LogP contribution in [0.4, 0.5) is 0 Å². The van der Waals surface area contributed by atoms with E-state index in [0.29, 0.717) is 28.0 Å². The second-order valence-electron chi connectivity index (χ2n) is 6.67. The first-order valence-corrected chi connectivity index (χ1v) is 9.81. The fourth-order valence-electron chi connectivity index (χ4n) is 3.46. The van der Waals surface area contributed by atoms with Gasteiger partial charge in [-0.3, -0.25) is 14.2 Å². The van der Waals surface area contributed by atoms with Gasteiger partial charge in [0.05, 0.1) is 22.2 Å². The van der Waals surface area contributed by atoms with Crippen molar-refractivity contribution in [3.8, 4) is 17.1 Å². The highest BCUT2D eigenvalue weighted by Gasteiger charge is 2.17. The fraction of sp³-hybridized carbons (Fsp3) is 0. The molecule has 0 radical (unpaired) electrons. The molecule has 0 fully saturated rings. The first-order chi connectivity index (χ1) is 14.1. The van der Waals surface area contributed by atoms with Crippen molar-refractivity contribution in [1.82, 2.24) is 14.5 Å². The largest absolute Gasteiger partial charge is 0.321 e. The lowest BCUT2D eigenvalue weighted by atomic mass is 10.1. The van der Waals surface area contributed by atoms with Crippen LogP contribution in [0.5, 0.6) is 0 Å². The number of H-pyrrole nitrogens is 1. The number of nitrogens with one attached hydrogen (secondary N) is 1. The van der Waals surface area contributed by atoms with Crippen LogP contribution in [0.25, 0.3) is 38.9 Å². The zero-order valence-electron chi connectivity index (χ0n) is 15.1. The molecule has 0 aliphatic carbocycles. The molecule has 0 unspecified atom stereocenters. The summed E-state index contributed by atoms with van der Waals surface area (Å²) in [6.07, 6.45) is 0. The molecule has 5 aromatic rings. The third-order valence-corrected chi connectivity index (χ3v) is 5.38. The van der Waals surface area contributed by atoms with Gasteiger partial charge in [0.25, 0.3) is 11.1 Å². The maximum Gasteiger partial charge on any atom is 0.266 e. The zero-order valence-corrected chi connectivity index (χ0v) is 16.7. The van der Waals surface area contributed by atoms with E-state index >= 15 is 0 Å². The lowest BCUT2D eigenvalue weighted by Gasteiger charge is -2.14. The molecule has 0 spiro atoms. The van der Waals surface area contributed by atoms with E-state index < -0.39 is 0 Å². The van der Waals surface area contributed by atoms with Crippen molar-refractivity contribution in [2.24, 2.45) is 0 Å². The van der Waals surface area contributed by atoms with E-state index in [1.165, 1.54) is 4.57 Å². The number of benzene rings is 3. The van der Waals surface area contributed by atoms with Crippen LogP contribution in [0.15, 0.2) is 92.9 Å². The summed E-state index contributed by atoms with van der Waals surface area (Å²) in [7, 11) is 0. The predicted octanol–water partition coefficient (Wildman–Crippen LogP) is 4.66. The van der Waals surface area contributed by atoms with Gasteiger partial charge in [0.1, 0.15) is 0 Å². The van der Waals surface area contributed by atoms with Gasteiger partial charge in [0.15, 0.2) is 5.82 Å². The maximum absolute atomic E-state index is 13.4. The molecule has 29 heavy (non-hydrogen) atoms. The second-order valence-corrected chi connectivity index (χ2v) is 7.58. The molecule has 0 amide bonds. The number of aromatic nitrogens is 3. The molecule has 1 N–H and O–H groups in total. The highest BCUT2D eigenvalue weighted by Crippen LogP contribution is 2.23. The first-order valence-electron chi connectivity index (χ1n) is 9.02. The number of aromatic amines is 1. The van der Waals surface area contributed by atoms with Crippen LogP contribution < -0.4 is 11.1 Å². The standard InChI is InChI=1S/C23H14BrN3O2/c24-15-9-11-16(12-10-15)27-21(25-20-8-4-2-6-17(20)23(27)29)18-13-14-5-1-3-7-19(14)26-22(18)28/h1-13H,(H,26,28). The molecule has 0 bridgehead atoms. The number of rotatable bonds is 2. The highest BCUT2D eigenvalue weighted by molar-refractivity contribution is 9.10. The van der Waals surface area contributed by atoms with Gasteiger partial charge in [-0.15, -0.1) is 0 Å². The number of fused-ring (bicyclic) bond motifs is 2. The summed E-state index contributed by atoms with van der Waals surface area (Å²) in [4.78, 5) is 33.9. The van der Waals surface area contributed by atoms with Crippen LogP contribution in [0.2, 0.25) is 0 Å². The van der Waals surface area contributed by atoms with Crippen molar-refractivity contribution in [3.63, 3.8) is 0 Å². The van der Waals surface area contributed by atoms with E-state index in [1.54, 1.807) is 24.3 Å². The minimum Gasteiger partial charge on any atom is -0.321 e. The molecule has 0 atom stereocenters. The summed E-state index contributed by atoms with van der Waals surface area (Å²) in [5, 5.41) is 1.36. The van der Waals surface area contributed by atoms with Crippen LogP contribution in [0, 0.1) is 0 Å². The summed E-state index contributed by atoms with van der Waals surface area (Å²) < 4.78 is 2.39. The van der Waals surface area contributed by atoms with Gasteiger partial charge in [0, 0.05) is 9.99 Å². The molecular formula is C23H14BrN3O2. The third kappa shape index (κ3) is 2.98. The molecule has 2 heterocycles. The summed E-state index contributed by atoms with van der Waals surface area (Å²) >= 11 is 3.42. The molecule has 0 aliphatic rings. The van der Waals surface area contributed by atoms with Gasteiger partial charge < -0.3 is 4.98 Å². The first kappa shape index (κ1) is 17.6. The molecule has 2 aromatic heterocycles. The molecule has 3 aromatic carbocycles. The number of nitrogens with zero attached hydrogens (tertiary/aromatic N) is 2. The predicted molar refractivity (Wildman–Crippen MR) is 119 cm³/mol. The van der Waals surface area contributed by atoms with Crippen molar-refractivity contribution >= 4 is 37.7 Å². The normalized spacial score (nSPS) is 11.2. The number of pyridine rings is 1. The van der Waals surface area contributed by atoms with Gasteiger partial charge in [-0.25, -0.2) is 4.98 Å². The lowest BCUT2D eigenvalue weighted by Crippen LogP contribution is -2.24. The summed E-state index contributed by atoms with van der Waals surface area (Å²) in [6.45, 7) is 0. The average molecular weight is 444 g/mol. The van der Waals surface area contributed by atoms with Crippen molar-refractivity contribution in [1.29, 1.82) is 0 Å². The van der Waals surface area contributed by atoms with Gasteiger partial charge in [-0.05, 0) is 53.9 Å². The Morgan fingerprint density at radius 3 is 2.41 bits per heavy atom. The molecule has 0 saturated carbocycles. The lowest BCUT2D eigenvalue weighted by molar-refractivity contribution is 0.971. The quantitative estimate of drug-likeness (QED) is 0.431. The van der Waals surface area contributed by atoms with Crippen molar-refractivity contribution in [2.75, 3.05) is 0 Å². The second kappa shape index (κ2) is 6.83. The Bertz CT molecular complexity index is 1500. The molecule has 5 nitrogen and oxygen atoms in total. The molecule has 140 valence electrons. The molecule has 5 rings (SSSR count). The maximum atomic E-state index is 13.4. The summed E-state index contributed by atoms with van der Waals surface area (Å²) in [6, 6.07) is 23.8. The topological polar surface area (TPSA) is 67.8 Å². The number of hydrogen-bond donors (Lipinski definition) is 1. The smallest absolute Gasteiger partial charge is 0.266 e. The van der Waals surface area contributed by atoms with Crippen LogP contribution in [-0.4, -0.2) is 14.5 Å². The number of para-hydroxylation sites is 2. The van der Waals surface area contributed by atoms with Gasteiger partial charge in [-0.2, -0.15) is 0 Å². The monoisotopic (exact) mass is 443 g/mol. The third-order valence-electron chi connectivity index (χ3n) is 4.85. The van der Waals surface area contributed by atoms with Crippen molar-refractivity contribution < 1.29 is 0 Å². The minimum atomic E-state index is -0.295. The molecule has 0 aliphatic heterocycles.